The van der Waals surface area contributed by atoms with Crippen molar-refractivity contribution in [3.8, 4) is 17.2 Å². The van der Waals surface area contributed by atoms with Crippen LogP contribution in [0.4, 0.5) is 0 Å². The summed E-state index contributed by atoms with van der Waals surface area (Å²) < 4.78 is 10.3. The van der Waals surface area contributed by atoms with Crippen molar-refractivity contribution in [2.24, 2.45) is 5.73 Å². The molecule has 4 nitrogen and oxygen atoms in total. The molecule has 0 aromatic heterocycles. The number of hydrogen-bond donors (Lipinski definition) is 2. The van der Waals surface area contributed by atoms with Crippen LogP contribution in [-0.4, -0.2) is 19.3 Å². The average Bonchev–Trinajstić information content (AvgIpc) is 2.47. The Labute approximate surface area is 118 Å². The van der Waals surface area contributed by atoms with Crippen molar-refractivity contribution in [3.05, 3.63) is 53.6 Å². The molecule has 0 amide bonds. The first-order valence-electron chi connectivity index (χ1n) is 6.39. The Morgan fingerprint density at radius 1 is 1.10 bits per heavy atom. The Morgan fingerprint density at radius 3 is 2.60 bits per heavy atom. The van der Waals surface area contributed by atoms with Gasteiger partial charge >= 0.3 is 0 Å². The van der Waals surface area contributed by atoms with Crippen LogP contribution >= 0.6 is 0 Å². The normalized spacial score (nSPS) is 11.9. The van der Waals surface area contributed by atoms with Gasteiger partial charge in [-0.05, 0) is 41.8 Å². The number of ether oxygens (including phenoxy) is 2. The molecule has 106 valence electrons. The van der Waals surface area contributed by atoms with E-state index in [1.165, 1.54) is 7.11 Å². The fourth-order valence-electron chi connectivity index (χ4n) is 2.10. The highest BCUT2D eigenvalue weighted by Gasteiger charge is 2.11. The number of nitrogens with two attached hydrogens (primary N) is 1. The maximum atomic E-state index is 9.59. The molecule has 0 aliphatic heterocycles. The molecule has 4 heteroatoms. The van der Waals surface area contributed by atoms with Crippen molar-refractivity contribution in [1.29, 1.82) is 0 Å². The molecule has 2 rings (SSSR count). The highest BCUT2D eigenvalue weighted by Crippen LogP contribution is 2.29. The van der Waals surface area contributed by atoms with Crippen LogP contribution in [0, 0.1) is 0 Å². The van der Waals surface area contributed by atoms with Crippen LogP contribution in [0.3, 0.4) is 0 Å². The first-order chi connectivity index (χ1) is 9.63. The van der Waals surface area contributed by atoms with E-state index in [0.29, 0.717) is 12.2 Å². The summed E-state index contributed by atoms with van der Waals surface area (Å²) in [5.41, 5.74) is 8.23. The zero-order chi connectivity index (χ0) is 14.5. The van der Waals surface area contributed by atoms with Gasteiger partial charge in [-0.25, -0.2) is 0 Å². The topological polar surface area (TPSA) is 64.7 Å². The minimum atomic E-state index is -0.170. The third-order valence-electron chi connectivity index (χ3n) is 3.22. The van der Waals surface area contributed by atoms with Crippen LogP contribution in [0.25, 0.3) is 0 Å². The van der Waals surface area contributed by atoms with Gasteiger partial charge in [0.05, 0.1) is 14.2 Å². The Bertz CT molecular complexity index is 584. The fourth-order valence-corrected chi connectivity index (χ4v) is 2.10. The van der Waals surface area contributed by atoms with Crippen molar-refractivity contribution < 1.29 is 14.6 Å². The van der Waals surface area contributed by atoms with Crippen LogP contribution in [0.5, 0.6) is 17.2 Å². The second-order valence-electron chi connectivity index (χ2n) is 4.59. The van der Waals surface area contributed by atoms with Gasteiger partial charge in [-0.1, -0.05) is 18.2 Å². The van der Waals surface area contributed by atoms with Gasteiger partial charge in [-0.15, -0.1) is 0 Å². The lowest BCUT2D eigenvalue weighted by molar-refractivity contribution is 0.372. The summed E-state index contributed by atoms with van der Waals surface area (Å²) >= 11 is 0. The summed E-state index contributed by atoms with van der Waals surface area (Å²) in [5.74, 6) is 1.37. The predicted octanol–water partition coefficient (Wildman–Crippen LogP) is 2.65. The smallest absolute Gasteiger partial charge is 0.160 e. The molecule has 0 spiro atoms. The highest BCUT2D eigenvalue weighted by molar-refractivity contribution is 5.43. The van der Waals surface area contributed by atoms with Gasteiger partial charge in [-0.3, -0.25) is 0 Å². The molecule has 0 saturated carbocycles. The molecule has 2 aromatic rings. The summed E-state index contributed by atoms with van der Waals surface area (Å²) in [4.78, 5) is 0. The summed E-state index contributed by atoms with van der Waals surface area (Å²) in [6.07, 6.45) is 0.686. The van der Waals surface area contributed by atoms with Gasteiger partial charge < -0.3 is 20.3 Å². The fraction of sp³-hybridized carbons (Fsp3) is 0.250. The van der Waals surface area contributed by atoms with E-state index in [2.05, 4.69) is 0 Å². The molecule has 0 bridgehead atoms. The van der Waals surface area contributed by atoms with Crippen molar-refractivity contribution in [2.45, 2.75) is 12.5 Å². The molecule has 0 fully saturated rings. The molecule has 20 heavy (non-hydrogen) atoms. The number of rotatable bonds is 5. The predicted molar refractivity (Wildman–Crippen MR) is 78.3 cm³/mol. The molecule has 0 saturated heterocycles. The van der Waals surface area contributed by atoms with E-state index in [1.54, 1.807) is 19.2 Å². The Morgan fingerprint density at radius 2 is 1.90 bits per heavy atom. The number of hydrogen-bond acceptors (Lipinski definition) is 4. The molecule has 3 N–H and O–H groups in total. The zero-order valence-corrected chi connectivity index (χ0v) is 11.7. The zero-order valence-electron chi connectivity index (χ0n) is 11.7. The van der Waals surface area contributed by atoms with E-state index in [1.807, 2.05) is 30.3 Å². The summed E-state index contributed by atoms with van der Waals surface area (Å²) in [6.45, 7) is 0. The lowest BCUT2D eigenvalue weighted by Crippen LogP contribution is -2.13. The Kier molecular flexibility index (Phi) is 4.48. The molecule has 0 aliphatic rings. The van der Waals surface area contributed by atoms with Gasteiger partial charge in [0.15, 0.2) is 11.5 Å². The largest absolute Gasteiger partial charge is 0.504 e. The van der Waals surface area contributed by atoms with Gasteiger partial charge in [0.1, 0.15) is 5.75 Å². The van der Waals surface area contributed by atoms with Crippen molar-refractivity contribution in [3.63, 3.8) is 0 Å². The quantitative estimate of drug-likeness (QED) is 0.879. The second kappa shape index (κ2) is 6.30. The van der Waals surface area contributed by atoms with E-state index >= 15 is 0 Å². The molecule has 1 unspecified atom stereocenters. The summed E-state index contributed by atoms with van der Waals surface area (Å²) in [7, 11) is 3.16. The van der Waals surface area contributed by atoms with E-state index in [9.17, 15) is 5.11 Å². The first-order valence-corrected chi connectivity index (χ1v) is 6.39. The summed E-state index contributed by atoms with van der Waals surface area (Å²) in [6, 6.07) is 12.8. The SMILES string of the molecule is COc1cccc(CC(N)c2ccc(O)c(OC)c2)c1. The first kappa shape index (κ1) is 14.2. The van der Waals surface area contributed by atoms with Crippen molar-refractivity contribution in [2.75, 3.05) is 14.2 Å². The number of phenols is 1. The van der Waals surface area contributed by atoms with Crippen LogP contribution in [0.2, 0.25) is 0 Å². The van der Waals surface area contributed by atoms with E-state index in [4.69, 9.17) is 15.2 Å². The third kappa shape index (κ3) is 3.22. The van der Waals surface area contributed by atoms with Crippen LogP contribution in [-0.2, 0) is 6.42 Å². The van der Waals surface area contributed by atoms with Crippen LogP contribution in [0.15, 0.2) is 42.5 Å². The molecular formula is C16H19NO3. The lowest BCUT2D eigenvalue weighted by Gasteiger charge is -2.14. The second-order valence-corrected chi connectivity index (χ2v) is 4.59. The van der Waals surface area contributed by atoms with Gasteiger partial charge in [0.25, 0.3) is 0 Å². The van der Waals surface area contributed by atoms with Crippen molar-refractivity contribution in [1.82, 2.24) is 0 Å². The van der Waals surface area contributed by atoms with Gasteiger partial charge in [0, 0.05) is 6.04 Å². The highest BCUT2D eigenvalue weighted by atomic mass is 16.5. The standard InChI is InChI=1S/C16H19NO3/c1-19-13-5-3-4-11(8-13)9-14(17)12-6-7-15(18)16(10-12)20-2/h3-8,10,14,18H,9,17H2,1-2H3. The Hall–Kier alpha value is -2.20. The maximum absolute atomic E-state index is 9.59. The van der Waals surface area contributed by atoms with Gasteiger partial charge in [0.2, 0.25) is 0 Å². The maximum Gasteiger partial charge on any atom is 0.160 e. The van der Waals surface area contributed by atoms with Gasteiger partial charge in [-0.2, -0.15) is 0 Å². The number of methoxy groups -OCH3 is 2. The lowest BCUT2D eigenvalue weighted by atomic mass is 9.99. The van der Waals surface area contributed by atoms with Crippen LogP contribution < -0.4 is 15.2 Å². The molecule has 0 radical (unpaired) electrons. The number of phenolic OH excluding ortho intramolecular Hbond substituents is 1. The molecule has 1 atom stereocenters. The third-order valence-corrected chi connectivity index (χ3v) is 3.22. The number of benzene rings is 2. The van der Waals surface area contributed by atoms with Crippen LogP contribution in [0.1, 0.15) is 17.2 Å². The molecule has 0 aliphatic carbocycles. The van der Waals surface area contributed by atoms with E-state index < -0.39 is 0 Å². The Balaban J connectivity index is 2.16. The minimum absolute atomic E-state index is 0.116. The number of aromatic hydroxyl groups is 1. The molecule has 0 heterocycles. The monoisotopic (exact) mass is 273 g/mol. The molecule has 2 aromatic carbocycles. The van der Waals surface area contributed by atoms with Crippen molar-refractivity contribution >= 4 is 0 Å². The van der Waals surface area contributed by atoms with E-state index in [0.717, 1.165) is 16.9 Å². The summed E-state index contributed by atoms with van der Waals surface area (Å²) in [5, 5.41) is 9.59. The van der Waals surface area contributed by atoms with E-state index in [-0.39, 0.29) is 11.8 Å². The average molecular weight is 273 g/mol. The minimum Gasteiger partial charge on any atom is -0.504 e. The molecular weight excluding hydrogens is 254 g/mol.